The van der Waals surface area contributed by atoms with E-state index in [9.17, 15) is 21.6 Å². The van der Waals surface area contributed by atoms with Gasteiger partial charge in [0.15, 0.2) is 20.6 Å². The van der Waals surface area contributed by atoms with E-state index in [1.165, 1.54) is 53.0 Å². The molecule has 0 N–H and O–H groups in total. The molecule has 0 atom stereocenters. The van der Waals surface area contributed by atoms with Crippen molar-refractivity contribution in [2.24, 2.45) is 0 Å². The molecule has 0 radical (unpaired) electrons. The van der Waals surface area contributed by atoms with Crippen LogP contribution in [0.15, 0.2) is 76.8 Å². The molecule has 7 nitrogen and oxygen atoms in total. The summed E-state index contributed by atoms with van der Waals surface area (Å²) in [7, 11) is -7.62. The standard InChI is InChI=1S/C23H23ClN2O5S2/c1-3-4-14-26(33(30,31)19-8-6-5-7-9-19)21-11-10-18(24)16-20(21)23(27)17-12-13-25-22(15-17)32(2,28)29/h5-13,15-16H,3-4,14H2,1-2H3. The van der Waals surface area contributed by atoms with E-state index in [2.05, 4.69) is 4.98 Å². The molecule has 0 aliphatic heterocycles. The summed E-state index contributed by atoms with van der Waals surface area (Å²) in [6.45, 7) is 2.09. The number of hydrogen-bond donors (Lipinski definition) is 0. The van der Waals surface area contributed by atoms with Crippen LogP contribution in [0.5, 0.6) is 0 Å². The maximum Gasteiger partial charge on any atom is 0.264 e. The molecule has 174 valence electrons. The third-order valence-corrected chi connectivity index (χ3v) is 7.94. The zero-order valence-electron chi connectivity index (χ0n) is 18.1. The maximum absolute atomic E-state index is 13.5. The van der Waals surface area contributed by atoms with Gasteiger partial charge in [0.2, 0.25) is 0 Å². The Balaban J connectivity index is 2.18. The number of ketones is 1. The molecule has 1 heterocycles. The number of nitrogens with zero attached hydrogens (tertiary/aromatic N) is 2. The number of anilines is 1. The van der Waals surface area contributed by atoms with Crippen LogP contribution in [-0.2, 0) is 19.9 Å². The van der Waals surface area contributed by atoms with Crippen molar-refractivity contribution in [2.45, 2.75) is 29.7 Å². The number of halogens is 1. The number of carbonyl (C=O) groups excluding carboxylic acids is 1. The van der Waals surface area contributed by atoms with E-state index in [1.807, 2.05) is 6.92 Å². The maximum atomic E-state index is 13.5. The summed E-state index contributed by atoms with van der Waals surface area (Å²) in [5, 5.41) is -0.0104. The zero-order chi connectivity index (χ0) is 24.2. The summed E-state index contributed by atoms with van der Waals surface area (Å²) in [6, 6.07) is 14.9. The highest BCUT2D eigenvalue weighted by molar-refractivity contribution is 7.92. The van der Waals surface area contributed by atoms with Gasteiger partial charge < -0.3 is 0 Å². The second kappa shape index (κ2) is 10.0. The van der Waals surface area contributed by atoms with Crippen LogP contribution in [0.25, 0.3) is 0 Å². The van der Waals surface area contributed by atoms with Gasteiger partial charge in [-0.05, 0) is 48.9 Å². The van der Waals surface area contributed by atoms with Gasteiger partial charge in [-0.2, -0.15) is 0 Å². The lowest BCUT2D eigenvalue weighted by Gasteiger charge is -2.26. The predicted molar refractivity (Wildman–Crippen MR) is 128 cm³/mol. The average Bonchev–Trinajstić information content (AvgIpc) is 2.79. The molecule has 0 unspecified atom stereocenters. The minimum atomic E-state index is -3.98. The van der Waals surface area contributed by atoms with Crippen molar-refractivity contribution in [3.63, 3.8) is 0 Å². The van der Waals surface area contributed by atoms with Crippen LogP contribution in [0, 0.1) is 0 Å². The molecule has 2 aromatic carbocycles. The molecule has 0 spiro atoms. The molecule has 0 aliphatic rings. The van der Waals surface area contributed by atoms with E-state index in [0.717, 1.165) is 12.7 Å². The Hall–Kier alpha value is -2.75. The van der Waals surface area contributed by atoms with Crippen molar-refractivity contribution in [3.8, 4) is 0 Å². The van der Waals surface area contributed by atoms with Gasteiger partial charge in [-0.1, -0.05) is 43.1 Å². The van der Waals surface area contributed by atoms with Gasteiger partial charge in [-0.25, -0.2) is 21.8 Å². The molecule has 10 heteroatoms. The van der Waals surface area contributed by atoms with Crippen LogP contribution in [-0.4, -0.2) is 40.4 Å². The van der Waals surface area contributed by atoms with Crippen LogP contribution < -0.4 is 4.31 Å². The quantitative estimate of drug-likeness (QED) is 0.399. The predicted octanol–water partition coefficient (Wildman–Crippen LogP) is 4.36. The van der Waals surface area contributed by atoms with Crippen LogP contribution in [0.4, 0.5) is 5.69 Å². The number of benzene rings is 2. The second-order valence-corrected chi connectivity index (χ2v) is 11.7. The monoisotopic (exact) mass is 506 g/mol. The molecular formula is C23H23ClN2O5S2. The fourth-order valence-corrected chi connectivity index (χ4v) is 5.52. The van der Waals surface area contributed by atoms with Gasteiger partial charge in [0.05, 0.1) is 10.6 Å². The summed E-state index contributed by atoms with van der Waals surface area (Å²) >= 11 is 6.16. The highest BCUT2D eigenvalue weighted by Gasteiger charge is 2.29. The summed E-state index contributed by atoms with van der Waals surface area (Å²) in [5.41, 5.74) is 0.268. The summed E-state index contributed by atoms with van der Waals surface area (Å²) in [6.07, 6.45) is 3.52. The summed E-state index contributed by atoms with van der Waals surface area (Å²) < 4.78 is 52.0. The zero-order valence-corrected chi connectivity index (χ0v) is 20.5. The molecule has 0 saturated carbocycles. The van der Waals surface area contributed by atoms with E-state index >= 15 is 0 Å². The van der Waals surface area contributed by atoms with Crippen molar-refractivity contribution < 1.29 is 21.6 Å². The number of unbranched alkanes of at least 4 members (excludes halogenated alkanes) is 1. The number of carbonyl (C=O) groups is 1. The van der Waals surface area contributed by atoms with E-state index < -0.39 is 25.6 Å². The van der Waals surface area contributed by atoms with E-state index in [0.29, 0.717) is 6.42 Å². The Morgan fingerprint density at radius 1 is 1.00 bits per heavy atom. The SMILES string of the molecule is CCCCN(c1ccc(Cl)cc1C(=O)c1ccnc(S(C)(=O)=O)c1)S(=O)(=O)c1ccccc1. The first-order valence-corrected chi connectivity index (χ1v) is 13.8. The van der Waals surface area contributed by atoms with Crippen LogP contribution >= 0.6 is 11.6 Å². The smallest absolute Gasteiger partial charge is 0.264 e. The third-order valence-electron chi connectivity index (χ3n) is 4.89. The van der Waals surface area contributed by atoms with Gasteiger partial charge in [-0.3, -0.25) is 9.10 Å². The first kappa shape index (κ1) is 24.9. The summed E-state index contributed by atoms with van der Waals surface area (Å²) in [5.74, 6) is -0.565. The lowest BCUT2D eigenvalue weighted by molar-refractivity contribution is 0.103. The lowest BCUT2D eigenvalue weighted by atomic mass is 10.0. The first-order valence-electron chi connectivity index (χ1n) is 10.1. The van der Waals surface area contributed by atoms with Gasteiger partial charge >= 0.3 is 0 Å². The molecule has 0 saturated heterocycles. The molecule has 0 bridgehead atoms. The molecule has 1 aromatic heterocycles. The lowest BCUT2D eigenvalue weighted by Crippen LogP contribution is -2.33. The van der Waals surface area contributed by atoms with E-state index in [-0.39, 0.29) is 38.3 Å². The van der Waals surface area contributed by atoms with Gasteiger partial charge in [-0.15, -0.1) is 0 Å². The molecule has 0 aliphatic carbocycles. The number of aromatic nitrogens is 1. The number of sulfonamides is 1. The Labute approximate surface area is 199 Å². The average molecular weight is 507 g/mol. The Morgan fingerprint density at radius 2 is 1.70 bits per heavy atom. The topological polar surface area (TPSA) is 101 Å². The largest absolute Gasteiger partial charge is 0.289 e. The van der Waals surface area contributed by atoms with Crippen molar-refractivity contribution >= 4 is 42.9 Å². The molecule has 33 heavy (non-hydrogen) atoms. The highest BCUT2D eigenvalue weighted by atomic mass is 35.5. The molecule has 0 fully saturated rings. The third kappa shape index (κ3) is 5.61. The normalized spacial score (nSPS) is 11.8. The van der Waals surface area contributed by atoms with Crippen LogP contribution in [0.1, 0.15) is 35.7 Å². The van der Waals surface area contributed by atoms with Crippen molar-refractivity contribution in [1.82, 2.24) is 4.98 Å². The number of sulfone groups is 1. The molecule has 0 amide bonds. The summed E-state index contributed by atoms with van der Waals surface area (Å²) in [4.78, 5) is 17.3. The minimum Gasteiger partial charge on any atom is -0.289 e. The second-order valence-electron chi connectivity index (χ2n) is 7.39. The van der Waals surface area contributed by atoms with Crippen molar-refractivity contribution in [3.05, 3.63) is 83.0 Å². The van der Waals surface area contributed by atoms with Gasteiger partial charge in [0, 0.05) is 35.1 Å². The molecule has 3 rings (SSSR count). The highest BCUT2D eigenvalue weighted by Crippen LogP contribution is 2.31. The molecular weight excluding hydrogens is 484 g/mol. The fraction of sp³-hybridized carbons (Fsp3) is 0.217. The van der Waals surface area contributed by atoms with Gasteiger partial charge in [0.1, 0.15) is 0 Å². The first-order chi connectivity index (χ1) is 15.6. The van der Waals surface area contributed by atoms with Crippen LogP contribution in [0.3, 0.4) is 0 Å². The Bertz CT molecular complexity index is 1370. The minimum absolute atomic E-state index is 0.0451. The Morgan fingerprint density at radius 3 is 2.33 bits per heavy atom. The number of pyridine rings is 1. The number of rotatable bonds is 9. The van der Waals surface area contributed by atoms with E-state index in [1.54, 1.807) is 18.2 Å². The number of hydrogen-bond acceptors (Lipinski definition) is 6. The van der Waals surface area contributed by atoms with Crippen LogP contribution in [0.2, 0.25) is 5.02 Å². The molecule has 3 aromatic rings. The van der Waals surface area contributed by atoms with E-state index in [4.69, 9.17) is 11.6 Å². The fourth-order valence-electron chi connectivity index (χ4n) is 3.21. The van der Waals surface area contributed by atoms with Crippen molar-refractivity contribution in [1.29, 1.82) is 0 Å². The Kier molecular flexibility index (Phi) is 7.56. The van der Waals surface area contributed by atoms with Gasteiger partial charge in [0.25, 0.3) is 10.0 Å². The van der Waals surface area contributed by atoms with Crippen molar-refractivity contribution in [2.75, 3.05) is 17.1 Å².